The average Bonchev–Trinajstić information content (AvgIpc) is 3.24. The first-order chi connectivity index (χ1) is 15.1. The van der Waals surface area contributed by atoms with Gasteiger partial charge in [0.15, 0.2) is 0 Å². The van der Waals surface area contributed by atoms with E-state index in [4.69, 9.17) is 14.5 Å². The summed E-state index contributed by atoms with van der Waals surface area (Å²) in [6, 6.07) is 17.1. The summed E-state index contributed by atoms with van der Waals surface area (Å²) >= 11 is 1.46. The molecule has 2 aromatic heterocycles. The van der Waals surface area contributed by atoms with Gasteiger partial charge < -0.3 is 9.47 Å². The number of thiophene rings is 1. The van der Waals surface area contributed by atoms with E-state index in [2.05, 4.69) is 6.07 Å². The normalized spacial score (nSPS) is 10.9. The molecule has 0 bridgehead atoms. The highest BCUT2D eigenvalue weighted by Gasteiger charge is 2.18. The van der Waals surface area contributed by atoms with Gasteiger partial charge in [-0.3, -0.25) is 9.36 Å². The van der Waals surface area contributed by atoms with Crippen LogP contribution in [0.3, 0.4) is 0 Å². The number of fused-ring (bicyclic) bond motifs is 1. The lowest BCUT2D eigenvalue weighted by Gasteiger charge is -2.13. The van der Waals surface area contributed by atoms with E-state index < -0.39 is 0 Å². The molecule has 4 rings (SSSR count). The van der Waals surface area contributed by atoms with Gasteiger partial charge in [-0.25, -0.2) is 4.98 Å². The Morgan fingerprint density at radius 3 is 2.77 bits per heavy atom. The highest BCUT2D eigenvalue weighted by Crippen LogP contribution is 2.33. The number of benzene rings is 2. The minimum absolute atomic E-state index is 0.0995. The van der Waals surface area contributed by atoms with Crippen molar-refractivity contribution in [1.29, 1.82) is 5.26 Å². The van der Waals surface area contributed by atoms with Crippen LogP contribution in [0.25, 0.3) is 21.3 Å². The Kier molecular flexibility index (Phi) is 6.12. The minimum atomic E-state index is -0.0995. The molecule has 0 amide bonds. The van der Waals surface area contributed by atoms with E-state index in [0.29, 0.717) is 41.2 Å². The van der Waals surface area contributed by atoms with E-state index in [1.807, 2.05) is 41.8 Å². The van der Waals surface area contributed by atoms with Crippen molar-refractivity contribution in [2.75, 3.05) is 20.8 Å². The molecule has 2 heterocycles. The Morgan fingerprint density at radius 2 is 2.00 bits per heavy atom. The summed E-state index contributed by atoms with van der Waals surface area (Å²) in [6.07, 6.45) is 0.520. The van der Waals surface area contributed by atoms with Gasteiger partial charge in [-0.05, 0) is 35.4 Å². The maximum atomic E-state index is 13.7. The summed E-state index contributed by atoms with van der Waals surface area (Å²) in [4.78, 5) is 19.2. The second-order valence-electron chi connectivity index (χ2n) is 7.04. The van der Waals surface area contributed by atoms with Crippen molar-refractivity contribution in [1.82, 2.24) is 9.55 Å². The van der Waals surface area contributed by atoms with Gasteiger partial charge in [0.05, 0.1) is 37.3 Å². The zero-order chi connectivity index (χ0) is 21.8. The van der Waals surface area contributed by atoms with Crippen LogP contribution in [0.15, 0.2) is 58.7 Å². The third-order valence-corrected chi connectivity index (χ3v) is 5.95. The topological polar surface area (TPSA) is 77.1 Å². The molecular formula is C24H21N3O3S. The first kappa shape index (κ1) is 20.8. The fraction of sp³-hybridized carbons (Fsp3) is 0.208. The molecule has 0 spiro atoms. The molecule has 0 aliphatic heterocycles. The molecule has 6 nitrogen and oxygen atoms in total. The van der Waals surface area contributed by atoms with Gasteiger partial charge in [0.25, 0.3) is 5.56 Å². The molecule has 7 heteroatoms. The monoisotopic (exact) mass is 431 g/mol. The van der Waals surface area contributed by atoms with E-state index in [0.717, 1.165) is 22.4 Å². The Hall–Kier alpha value is -3.47. The third kappa shape index (κ3) is 4.22. The first-order valence-electron chi connectivity index (χ1n) is 9.78. The second kappa shape index (κ2) is 9.13. The van der Waals surface area contributed by atoms with Crippen LogP contribution in [0.4, 0.5) is 0 Å². The predicted octanol–water partition coefficient (Wildman–Crippen LogP) is 4.24. The summed E-state index contributed by atoms with van der Waals surface area (Å²) in [5.41, 5.74) is 3.09. The molecule has 2 aromatic carbocycles. The maximum Gasteiger partial charge on any atom is 0.263 e. The highest BCUT2D eigenvalue weighted by atomic mass is 32.1. The summed E-state index contributed by atoms with van der Waals surface area (Å²) < 4.78 is 12.3. The van der Waals surface area contributed by atoms with Crippen LogP contribution in [-0.2, 0) is 17.7 Å². The fourth-order valence-electron chi connectivity index (χ4n) is 3.54. The van der Waals surface area contributed by atoms with Crippen molar-refractivity contribution in [3.05, 3.63) is 81.2 Å². The van der Waals surface area contributed by atoms with Crippen LogP contribution >= 0.6 is 11.3 Å². The molecule has 0 unspecified atom stereocenters. The van der Waals surface area contributed by atoms with E-state index >= 15 is 0 Å². The van der Waals surface area contributed by atoms with E-state index in [1.54, 1.807) is 30.9 Å². The Morgan fingerprint density at radius 1 is 1.16 bits per heavy atom. The highest BCUT2D eigenvalue weighted by molar-refractivity contribution is 7.17. The Balaban J connectivity index is 1.88. The molecule has 0 aliphatic carbocycles. The predicted molar refractivity (Wildman–Crippen MR) is 122 cm³/mol. The van der Waals surface area contributed by atoms with Gasteiger partial charge in [-0.1, -0.05) is 24.3 Å². The van der Waals surface area contributed by atoms with Gasteiger partial charge in [-0.15, -0.1) is 11.3 Å². The van der Waals surface area contributed by atoms with Crippen molar-refractivity contribution in [2.24, 2.45) is 0 Å². The molecule has 0 fully saturated rings. The number of rotatable bonds is 7. The number of methoxy groups -OCH3 is 2. The van der Waals surface area contributed by atoms with Gasteiger partial charge in [0.1, 0.15) is 16.4 Å². The standard InChI is InChI=1S/C24H21N3O3S/c1-29-10-9-21-26-23-22(20(15-31-23)18-7-4-8-19(12-18)30-2)24(28)27(21)14-17-6-3-5-16(11-17)13-25/h3-8,11-12,15H,9-10,14H2,1-2H3. The molecule has 156 valence electrons. The van der Waals surface area contributed by atoms with Crippen molar-refractivity contribution >= 4 is 21.6 Å². The summed E-state index contributed by atoms with van der Waals surface area (Å²) in [5.74, 6) is 1.40. The molecule has 0 saturated heterocycles. The molecule has 4 aromatic rings. The third-order valence-electron chi connectivity index (χ3n) is 5.08. The fourth-order valence-corrected chi connectivity index (χ4v) is 4.50. The summed E-state index contributed by atoms with van der Waals surface area (Å²) in [7, 11) is 3.25. The Bertz CT molecular complexity index is 1330. The lowest BCUT2D eigenvalue weighted by molar-refractivity contribution is 0.199. The van der Waals surface area contributed by atoms with Gasteiger partial charge in [0.2, 0.25) is 0 Å². The van der Waals surface area contributed by atoms with E-state index in [1.165, 1.54) is 11.3 Å². The number of nitriles is 1. The van der Waals surface area contributed by atoms with E-state index in [-0.39, 0.29) is 5.56 Å². The molecule has 31 heavy (non-hydrogen) atoms. The van der Waals surface area contributed by atoms with Crippen molar-refractivity contribution in [3.63, 3.8) is 0 Å². The Labute approximate surface area is 183 Å². The molecule has 0 aliphatic rings. The van der Waals surface area contributed by atoms with Crippen LogP contribution in [0.5, 0.6) is 5.75 Å². The van der Waals surface area contributed by atoms with Crippen LogP contribution in [0.1, 0.15) is 17.0 Å². The number of hydrogen-bond donors (Lipinski definition) is 0. The minimum Gasteiger partial charge on any atom is -0.497 e. The number of ether oxygens (including phenoxy) is 2. The van der Waals surface area contributed by atoms with Crippen LogP contribution < -0.4 is 10.3 Å². The molecule has 0 atom stereocenters. The number of nitrogens with zero attached hydrogens (tertiary/aromatic N) is 3. The van der Waals surface area contributed by atoms with E-state index in [9.17, 15) is 10.1 Å². The smallest absolute Gasteiger partial charge is 0.263 e. The second-order valence-corrected chi connectivity index (χ2v) is 7.89. The average molecular weight is 432 g/mol. The van der Waals surface area contributed by atoms with Gasteiger partial charge in [-0.2, -0.15) is 5.26 Å². The molecule has 0 radical (unpaired) electrons. The lowest BCUT2D eigenvalue weighted by Crippen LogP contribution is -2.26. The quantitative estimate of drug-likeness (QED) is 0.437. The van der Waals surface area contributed by atoms with Crippen molar-refractivity contribution in [2.45, 2.75) is 13.0 Å². The summed E-state index contributed by atoms with van der Waals surface area (Å²) in [5, 5.41) is 11.8. The largest absolute Gasteiger partial charge is 0.497 e. The van der Waals surface area contributed by atoms with Crippen LogP contribution in [0.2, 0.25) is 0 Å². The SMILES string of the molecule is COCCc1nc2scc(-c3cccc(OC)c3)c2c(=O)n1Cc1cccc(C#N)c1. The lowest BCUT2D eigenvalue weighted by atomic mass is 10.1. The number of aromatic nitrogens is 2. The zero-order valence-electron chi connectivity index (χ0n) is 17.3. The maximum absolute atomic E-state index is 13.7. The van der Waals surface area contributed by atoms with Crippen molar-refractivity contribution in [3.8, 4) is 22.9 Å². The van der Waals surface area contributed by atoms with Crippen LogP contribution in [-0.4, -0.2) is 30.4 Å². The van der Waals surface area contributed by atoms with Crippen molar-refractivity contribution < 1.29 is 9.47 Å². The zero-order valence-corrected chi connectivity index (χ0v) is 18.1. The van der Waals surface area contributed by atoms with Gasteiger partial charge in [0, 0.05) is 24.5 Å². The van der Waals surface area contributed by atoms with Gasteiger partial charge >= 0.3 is 0 Å². The number of hydrogen-bond acceptors (Lipinski definition) is 6. The first-order valence-corrected chi connectivity index (χ1v) is 10.7. The molecule has 0 N–H and O–H groups in total. The molecule has 0 saturated carbocycles. The molecular weight excluding hydrogens is 410 g/mol. The van der Waals surface area contributed by atoms with Crippen LogP contribution in [0, 0.1) is 11.3 Å². The summed E-state index contributed by atoms with van der Waals surface area (Å²) in [6.45, 7) is 0.800.